The molecular weight excluding hydrogens is 387 g/mol. The second kappa shape index (κ2) is 5.74. The van der Waals surface area contributed by atoms with Crippen molar-refractivity contribution in [3.8, 4) is 5.75 Å². The predicted octanol–water partition coefficient (Wildman–Crippen LogP) is 5.61. The van der Waals surface area contributed by atoms with Gasteiger partial charge < -0.3 is 4.74 Å². The van der Waals surface area contributed by atoms with Crippen molar-refractivity contribution in [1.82, 2.24) is 0 Å². The summed E-state index contributed by atoms with van der Waals surface area (Å²) in [6.45, 7) is 0. The fourth-order valence-corrected chi connectivity index (χ4v) is 4.08. The summed E-state index contributed by atoms with van der Waals surface area (Å²) in [5.74, 6) is 0.800. The molecule has 2 rings (SSSR count). The minimum atomic E-state index is -0.211. The largest absolute Gasteiger partial charge is 0.496 e. The van der Waals surface area contributed by atoms with Gasteiger partial charge in [0, 0.05) is 19.4 Å². The highest BCUT2D eigenvalue weighted by Gasteiger charge is 2.19. The van der Waals surface area contributed by atoms with Crippen molar-refractivity contribution in [2.75, 3.05) is 7.11 Å². The third-order valence-electron chi connectivity index (χ3n) is 2.34. The number of rotatable bonds is 3. The van der Waals surface area contributed by atoms with Crippen LogP contribution in [0.25, 0.3) is 0 Å². The normalized spacial score (nSPS) is 12.5. The van der Waals surface area contributed by atoms with Gasteiger partial charge in [-0.2, -0.15) is 0 Å². The van der Waals surface area contributed by atoms with Crippen LogP contribution in [0.3, 0.4) is 0 Å². The lowest BCUT2D eigenvalue weighted by Gasteiger charge is -2.13. The number of alkyl halides is 1. The number of methoxy groups -OCH3 is 1. The first-order valence-corrected chi connectivity index (χ1v) is 7.74. The molecule has 0 saturated carbocycles. The molecule has 90 valence electrons. The summed E-state index contributed by atoms with van der Waals surface area (Å²) < 4.78 is 7.37. The van der Waals surface area contributed by atoms with Crippen molar-refractivity contribution < 1.29 is 4.74 Å². The Kier molecular flexibility index (Phi) is 4.53. The Hall–Kier alpha value is -0.0300. The van der Waals surface area contributed by atoms with Gasteiger partial charge in [0.25, 0.3) is 0 Å². The Balaban J connectivity index is 2.46. The minimum Gasteiger partial charge on any atom is -0.496 e. The molecule has 0 aliphatic heterocycles. The highest BCUT2D eigenvalue weighted by Crippen LogP contribution is 2.41. The third kappa shape index (κ3) is 2.87. The van der Waals surface area contributed by atoms with Gasteiger partial charge in [-0.05, 0) is 45.6 Å². The molecule has 1 aromatic carbocycles. The standard InChI is InChI=1S/C12H9Br2ClOS/c1-16-10-3-2-7(13)6-8(10)11(15)12-9(14)4-5-17-12/h2-6,11H,1H3. The van der Waals surface area contributed by atoms with Crippen molar-refractivity contribution >= 4 is 54.8 Å². The first-order valence-electron chi connectivity index (χ1n) is 4.84. The van der Waals surface area contributed by atoms with E-state index in [2.05, 4.69) is 31.9 Å². The number of halogens is 3. The molecule has 1 unspecified atom stereocenters. The number of thiophene rings is 1. The Morgan fingerprint density at radius 3 is 2.65 bits per heavy atom. The van der Waals surface area contributed by atoms with Crippen LogP contribution in [0.15, 0.2) is 38.6 Å². The van der Waals surface area contributed by atoms with E-state index < -0.39 is 0 Å². The zero-order chi connectivity index (χ0) is 12.4. The van der Waals surface area contributed by atoms with Crippen molar-refractivity contribution in [3.63, 3.8) is 0 Å². The van der Waals surface area contributed by atoms with E-state index in [-0.39, 0.29) is 5.38 Å². The summed E-state index contributed by atoms with van der Waals surface area (Å²) in [6.07, 6.45) is 0. The smallest absolute Gasteiger partial charge is 0.124 e. The van der Waals surface area contributed by atoms with E-state index in [1.807, 2.05) is 29.6 Å². The zero-order valence-corrected chi connectivity index (χ0v) is 13.7. The van der Waals surface area contributed by atoms with Gasteiger partial charge >= 0.3 is 0 Å². The van der Waals surface area contributed by atoms with E-state index >= 15 is 0 Å². The third-order valence-corrected chi connectivity index (χ3v) is 5.35. The SMILES string of the molecule is COc1ccc(Br)cc1C(Cl)c1sccc1Br. The molecule has 0 spiro atoms. The van der Waals surface area contributed by atoms with E-state index in [4.69, 9.17) is 16.3 Å². The molecule has 0 aliphatic rings. The van der Waals surface area contributed by atoms with E-state index in [0.29, 0.717) is 0 Å². The molecule has 0 bridgehead atoms. The Labute approximate surface area is 126 Å². The fourth-order valence-electron chi connectivity index (χ4n) is 1.53. The highest BCUT2D eigenvalue weighted by molar-refractivity contribution is 9.10. The van der Waals surface area contributed by atoms with Crippen LogP contribution in [0.4, 0.5) is 0 Å². The van der Waals surface area contributed by atoms with Gasteiger partial charge in [-0.3, -0.25) is 0 Å². The summed E-state index contributed by atoms with van der Waals surface area (Å²) in [5, 5.41) is 1.80. The molecule has 1 nitrogen and oxygen atoms in total. The van der Waals surface area contributed by atoms with E-state index in [0.717, 1.165) is 25.1 Å². The van der Waals surface area contributed by atoms with Gasteiger partial charge in [0.2, 0.25) is 0 Å². The number of hydrogen-bond donors (Lipinski definition) is 0. The average molecular weight is 397 g/mol. The second-order valence-corrected chi connectivity index (χ2v) is 6.54. The van der Waals surface area contributed by atoms with Crippen LogP contribution in [0.1, 0.15) is 15.8 Å². The molecule has 0 aliphatic carbocycles. The molecule has 1 atom stereocenters. The van der Waals surface area contributed by atoms with Crippen LogP contribution < -0.4 is 4.74 Å². The van der Waals surface area contributed by atoms with Crippen LogP contribution in [0, 0.1) is 0 Å². The molecule has 1 aromatic heterocycles. The highest BCUT2D eigenvalue weighted by atomic mass is 79.9. The Morgan fingerprint density at radius 1 is 1.29 bits per heavy atom. The van der Waals surface area contributed by atoms with Crippen LogP contribution >= 0.6 is 54.8 Å². The second-order valence-electron chi connectivity index (χ2n) is 3.38. The van der Waals surface area contributed by atoms with Crippen LogP contribution in [-0.4, -0.2) is 7.11 Å². The molecular formula is C12H9Br2ClOS. The van der Waals surface area contributed by atoms with Gasteiger partial charge in [0.15, 0.2) is 0 Å². The molecule has 0 fully saturated rings. The van der Waals surface area contributed by atoms with Crippen molar-refractivity contribution in [1.29, 1.82) is 0 Å². The topological polar surface area (TPSA) is 9.23 Å². The quantitative estimate of drug-likeness (QED) is 0.613. The minimum absolute atomic E-state index is 0.211. The summed E-state index contributed by atoms with van der Waals surface area (Å²) in [4.78, 5) is 1.09. The van der Waals surface area contributed by atoms with E-state index in [1.165, 1.54) is 0 Å². The predicted molar refractivity (Wildman–Crippen MR) is 80.4 cm³/mol. The summed E-state index contributed by atoms with van der Waals surface area (Å²) in [7, 11) is 1.65. The molecule has 2 aromatic rings. The van der Waals surface area contributed by atoms with Gasteiger partial charge in [-0.15, -0.1) is 22.9 Å². The van der Waals surface area contributed by atoms with E-state index in [9.17, 15) is 0 Å². The fraction of sp³-hybridized carbons (Fsp3) is 0.167. The number of hydrogen-bond acceptors (Lipinski definition) is 2. The molecule has 0 radical (unpaired) electrons. The maximum atomic E-state index is 6.51. The van der Waals surface area contributed by atoms with Crippen molar-refractivity contribution in [2.24, 2.45) is 0 Å². The summed E-state index contributed by atoms with van der Waals surface area (Å²) >= 11 is 15.1. The number of ether oxygens (including phenoxy) is 1. The maximum absolute atomic E-state index is 6.51. The first kappa shape index (κ1) is 13.4. The molecule has 0 saturated heterocycles. The lowest BCUT2D eigenvalue weighted by Crippen LogP contribution is -1.96. The molecule has 0 amide bonds. The first-order chi connectivity index (χ1) is 8.13. The molecule has 1 heterocycles. The van der Waals surface area contributed by atoms with Crippen molar-refractivity contribution in [2.45, 2.75) is 5.38 Å². The zero-order valence-electron chi connectivity index (χ0n) is 8.91. The molecule has 17 heavy (non-hydrogen) atoms. The van der Waals surface area contributed by atoms with Gasteiger partial charge in [-0.25, -0.2) is 0 Å². The van der Waals surface area contributed by atoms with Crippen LogP contribution in [-0.2, 0) is 0 Å². The van der Waals surface area contributed by atoms with Gasteiger partial charge in [-0.1, -0.05) is 15.9 Å². The van der Waals surface area contributed by atoms with Crippen molar-refractivity contribution in [3.05, 3.63) is 49.0 Å². The number of benzene rings is 1. The summed E-state index contributed by atoms with van der Waals surface area (Å²) in [6, 6.07) is 7.84. The van der Waals surface area contributed by atoms with Crippen LogP contribution in [0.2, 0.25) is 0 Å². The van der Waals surface area contributed by atoms with E-state index in [1.54, 1.807) is 18.4 Å². The maximum Gasteiger partial charge on any atom is 0.124 e. The molecule has 0 N–H and O–H groups in total. The van der Waals surface area contributed by atoms with Gasteiger partial charge in [0.1, 0.15) is 5.75 Å². The van der Waals surface area contributed by atoms with Gasteiger partial charge in [0.05, 0.1) is 12.5 Å². The monoisotopic (exact) mass is 394 g/mol. The lowest BCUT2D eigenvalue weighted by atomic mass is 10.1. The van der Waals surface area contributed by atoms with Crippen LogP contribution in [0.5, 0.6) is 5.75 Å². The molecule has 5 heteroatoms. The average Bonchev–Trinajstić information content (AvgIpc) is 2.74. The lowest BCUT2D eigenvalue weighted by molar-refractivity contribution is 0.410. The summed E-state index contributed by atoms with van der Waals surface area (Å²) in [5.41, 5.74) is 0.965. The Bertz CT molecular complexity index is 527. The Morgan fingerprint density at radius 2 is 2.06 bits per heavy atom.